The van der Waals surface area contributed by atoms with E-state index in [0.29, 0.717) is 35.9 Å². The Labute approximate surface area is 148 Å². The van der Waals surface area contributed by atoms with Crippen molar-refractivity contribution in [3.05, 3.63) is 27.2 Å². The second-order valence-electron chi connectivity index (χ2n) is 5.88. The maximum Gasteiger partial charge on any atom is 0.242 e. The van der Waals surface area contributed by atoms with E-state index in [4.69, 9.17) is 27.9 Å². The van der Waals surface area contributed by atoms with Crippen LogP contribution in [0.5, 0.6) is 0 Å². The van der Waals surface area contributed by atoms with E-state index in [2.05, 4.69) is 9.62 Å². The molecule has 0 saturated carbocycles. The molecule has 0 aromatic heterocycles. The predicted octanol–water partition coefficient (Wildman–Crippen LogP) is 2.61. The first-order chi connectivity index (χ1) is 10.7. The summed E-state index contributed by atoms with van der Waals surface area (Å²) in [5.41, 5.74) is 1.11. The third-order valence-electron chi connectivity index (χ3n) is 3.85. The highest BCUT2D eigenvalue weighted by molar-refractivity contribution is 7.89. The van der Waals surface area contributed by atoms with Crippen molar-refractivity contribution >= 4 is 33.2 Å². The van der Waals surface area contributed by atoms with E-state index in [1.54, 1.807) is 19.9 Å². The van der Waals surface area contributed by atoms with Gasteiger partial charge in [0.15, 0.2) is 0 Å². The number of halogens is 2. The van der Waals surface area contributed by atoms with Gasteiger partial charge in [-0.2, -0.15) is 0 Å². The molecule has 1 unspecified atom stereocenters. The van der Waals surface area contributed by atoms with Gasteiger partial charge < -0.3 is 4.74 Å². The summed E-state index contributed by atoms with van der Waals surface area (Å²) in [6.07, 6.45) is 0. The highest BCUT2D eigenvalue weighted by Gasteiger charge is 2.26. The van der Waals surface area contributed by atoms with Crippen LogP contribution in [0.2, 0.25) is 10.0 Å². The molecular weight excluding hydrogens is 359 g/mol. The van der Waals surface area contributed by atoms with Crippen molar-refractivity contribution in [1.82, 2.24) is 9.62 Å². The van der Waals surface area contributed by atoms with Crippen LogP contribution in [0.3, 0.4) is 0 Å². The highest BCUT2D eigenvalue weighted by Crippen LogP contribution is 2.33. The standard InChI is InChI=1S/C15H22Cl2N2O3S/c1-10-8-13(16)12(3)15(14(10)17)23(20,21)18-11(2)9-19-4-6-22-7-5-19/h8,11,18H,4-7,9H2,1-3H3. The van der Waals surface area contributed by atoms with Crippen LogP contribution in [-0.4, -0.2) is 52.2 Å². The Morgan fingerprint density at radius 2 is 1.91 bits per heavy atom. The number of aryl methyl sites for hydroxylation is 1. The van der Waals surface area contributed by atoms with Gasteiger partial charge in [0.25, 0.3) is 0 Å². The molecule has 0 aliphatic carbocycles. The molecule has 0 amide bonds. The molecule has 2 rings (SSSR count). The lowest BCUT2D eigenvalue weighted by molar-refractivity contribution is 0.0354. The molecule has 5 nitrogen and oxygen atoms in total. The number of ether oxygens (including phenoxy) is 1. The number of nitrogens with one attached hydrogen (secondary N) is 1. The molecule has 1 aliphatic heterocycles. The second-order valence-corrected chi connectivity index (χ2v) is 8.31. The average molecular weight is 381 g/mol. The van der Waals surface area contributed by atoms with Crippen molar-refractivity contribution in [3.63, 3.8) is 0 Å². The summed E-state index contributed by atoms with van der Waals surface area (Å²) in [7, 11) is -3.74. The largest absolute Gasteiger partial charge is 0.379 e. The zero-order chi connectivity index (χ0) is 17.2. The highest BCUT2D eigenvalue weighted by atomic mass is 35.5. The van der Waals surface area contributed by atoms with Gasteiger partial charge in [0.2, 0.25) is 10.0 Å². The molecule has 1 aliphatic rings. The molecule has 0 bridgehead atoms. The van der Waals surface area contributed by atoms with Gasteiger partial charge in [0.1, 0.15) is 4.90 Å². The topological polar surface area (TPSA) is 58.6 Å². The molecule has 1 aromatic carbocycles. The van der Waals surface area contributed by atoms with E-state index in [-0.39, 0.29) is 16.0 Å². The van der Waals surface area contributed by atoms with Crippen molar-refractivity contribution in [3.8, 4) is 0 Å². The van der Waals surface area contributed by atoms with Crippen molar-refractivity contribution in [2.75, 3.05) is 32.8 Å². The van der Waals surface area contributed by atoms with Gasteiger partial charge >= 0.3 is 0 Å². The van der Waals surface area contributed by atoms with Crippen molar-refractivity contribution in [2.24, 2.45) is 0 Å². The van der Waals surface area contributed by atoms with Gasteiger partial charge in [-0.05, 0) is 38.0 Å². The van der Waals surface area contributed by atoms with Gasteiger partial charge in [-0.25, -0.2) is 13.1 Å². The third-order valence-corrected chi connectivity index (χ3v) is 6.60. The molecule has 23 heavy (non-hydrogen) atoms. The van der Waals surface area contributed by atoms with Crippen LogP contribution >= 0.6 is 23.2 Å². The minimum absolute atomic E-state index is 0.0676. The lowest BCUT2D eigenvalue weighted by Gasteiger charge is -2.29. The molecule has 1 saturated heterocycles. The number of hydrogen-bond acceptors (Lipinski definition) is 4. The Morgan fingerprint density at radius 1 is 1.30 bits per heavy atom. The zero-order valence-electron chi connectivity index (χ0n) is 13.5. The zero-order valence-corrected chi connectivity index (χ0v) is 15.9. The fourth-order valence-corrected chi connectivity index (χ4v) is 5.11. The third kappa shape index (κ3) is 4.59. The molecule has 1 N–H and O–H groups in total. The monoisotopic (exact) mass is 380 g/mol. The SMILES string of the molecule is Cc1cc(Cl)c(C)c(S(=O)(=O)NC(C)CN2CCOCC2)c1Cl. The Kier molecular flexibility index (Phi) is 6.33. The Hall–Kier alpha value is -0.370. The fourth-order valence-electron chi connectivity index (χ4n) is 2.67. The van der Waals surface area contributed by atoms with Crippen LogP contribution in [-0.2, 0) is 14.8 Å². The number of rotatable bonds is 5. The van der Waals surface area contributed by atoms with Crippen LogP contribution in [0.15, 0.2) is 11.0 Å². The fraction of sp³-hybridized carbons (Fsp3) is 0.600. The summed E-state index contributed by atoms with van der Waals surface area (Å²) in [6, 6.07) is 1.43. The van der Waals surface area contributed by atoms with Crippen molar-refractivity contribution in [2.45, 2.75) is 31.7 Å². The minimum atomic E-state index is -3.74. The lowest BCUT2D eigenvalue weighted by Crippen LogP contribution is -2.46. The number of morpholine rings is 1. The summed E-state index contributed by atoms with van der Waals surface area (Å²) in [6.45, 7) is 8.84. The minimum Gasteiger partial charge on any atom is -0.379 e. The quantitative estimate of drug-likeness (QED) is 0.852. The van der Waals surface area contributed by atoms with Crippen LogP contribution in [0.25, 0.3) is 0 Å². The molecular formula is C15H22Cl2N2O3S. The number of benzene rings is 1. The molecule has 1 fully saturated rings. The maximum absolute atomic E-state index is 12.7. The van der Waals surface area contributed by atoms with Gasteiger partial charge in [0, 0.05) is 30.7 Å². The first-order valence-electron chi connectivity index (χ1n) is 7.50. The summed E-state index contributed by atoms with van der Waals surface area (Å²) >= 11 is 12.3. The Bertz CT molecular complexity index is 648. The molecule has 1 heterocycles. The summed E-state index contributed by atoms with van der Waals surface area (Å²) in [5, 5.41) is 0.617. The molecule has 1 atom stereocenters. The maximum atomic E-state index is 12.7. The van der Waals surface area contributed by atoms with Crippen LogP contribution < -0.4 is 4.72 Å². The van der Waals surface area contributed by atoms with E-state index in [1.807, 2.05) is 6.92 Å². The summed E-state index contributed by atoms with van der Waals surface area (Å²) < 4.78 is 33.5. The van der Waals surface area contributed by atoms with Crippen molar-refractivity contribution in [1.29, 1.82) is 0 Å². The number of hydrogen-bond donors (Lipinski definition) is 1. The summed E-state index contributed by atoms with van der Waals surface area (Å²) in [5.74, 6) is 0. The van der Waals surface area contributed by atoms with E-state index in [1.165, 1.54) is 0 Å². The van der Waals surface area contributed by atoms with Gasteiger partial charge in [-0.3, -0.25) is 4.90 Å². The molecule has 8 heteroatoms. The second kappa shape index (κ2) is 7.68. The molecule has 0 spiro atoms. The molecule has 0 radical (unpaired) electrons. The van der Waals surface area contributed by atoms with Crippen LogP contribution in [0.1, 0.15) is 18.1 Å². The Balaban J connectivity index is 2.18. The van der Waals surface area contributed by atoms with E-state index in [9.17, 15) is 8.42 Å². The van der Waals surface area contributed by atoms with Crippen LogP contribution in [0, 0.1) is 13.8 Å². The smallest absolute Gasteiger partial charge is 0.242 e. The summed E-state index contributed by atoms with van der Waals surface area (Å²) in [4.78, 5) is 2.24. The van der Waals surface area contributed by atoms with E-state index in [0.717, 1.165) is 13.1 Å². The predicted molar refractivity (Wildman–Crippen MR) is 93.0 cm³/mol. The van der Waals surface area contributed by atoms with Gasteiger partial charge in [-0.15, -0.1) is 0 Å². The van der Waals surface area contributed by atoms with Crippen molar-refractivity contribution < 1.29 is 13.2 Å². The van der Waals surface area contributed by atoms with E-state index < -0.39 is 10.0 Å². The van der Waals surface area contributed by atoms with Crippen LogP contribution in [0.4, 0.5) is 0 Å². The van der Waals surface area contributed by atoms with Gasteiger partial charge in [-0.1, -0.05) is 23.2 Å². The van der Waals surface area contributed by atoms with E-state index >= 15 is 0 Å². The van der Waals surface area contributed by atoms with Gasteiger partial charge in [0.05, 0.1) is 18.2 Å². The molecule has 1 aromatic rings. The lowest BCUT2D eigenvalue weighted by atomic mass is 10.2. The average Bonchev–Trinajstić information content (AvgIpc) is 2.45. The molecule has 130 valence electrons. The normalized spacial score (nSPS) is 18.1. The first kappa shape index (κ1) is 19.0. The number of nitrogens with zero attached hydrogens (tertiary/aromatic N) is 1. The first-order valence-corrected chi connectivity index (χ1v) is 9.74. The Morgan fingerprint density at radius 3 is 2.52 bits per heavy atom. The number of sulfonamides is 1.